The van der Waals surface area contributed by atoms with Crippen LogP contribution < -0.4 is 0 Å². The lowest BCUT2D eigenvalue weighted by molar-refractivity contribution is -0.113. The first-order valence-corrected chi connectivity index (χ1v) is 6.32. The number of hydrogen-bond acceptors (Lipinski definition) is 2. The number of rotatable bonds is 0. The second-order valence-corrected chi connectivity index (χ2v) is 4.42. The Morgan fingerprint density at radius 1 is 0.700 bits per heavy atom. The molecule has 0 saturated heterocycles. The van der Waals surface area contributed by atoms with E-state index in [0.717, 1.165) is 0 Å². The average Bonchev–Trinajstić information content (AvgIpc) is 2.97. The van der Waals surface area contributed by atoms with E-state index in [-0.39, 0.29) is 5.91 Å². The molecular weight excluding hydrogens is 248 g/mol. The SMILES string of the molecule is O=C1C=CN=N1.c1ccc2cc3ccccc3cc2c1. The molecule has 0 aliphatic carbocycles. The molecule has 3 heteroatoms. The number of nitrogens with zero attached hydrogens (tertiary/aromatic N) is 2. The molecule has 3 aromatic carbocycles. The second-order valence-electron chi connectivity index (χ2n) is 4.42. The minimum absolute atomic E-state index is 0.269. The Morgan fingerprint density at radius 3 is 1.40 bits per heavy atom. The molecule has 1 aliphatic rings. The number of carbonyl (C=O) groups is 1. The third kappa shape index (κ3) is 2.62. The zero-order valence-electron chi connectivity index (χ0n) is 10.7. The third-order valence-corrected chi connectivity index (χ3v) is 3.05. The largest absolute Gasteiger partial charge is 0.289 e. The first kappa shape index (κ1) is 12.2. The summed E-state index contributed by atoms with van der Waals surface area (Å²) < 4.78 is 0. The summed E-state index contributed by atoms with van der Waals surface area (Å²) in [4.78, 5) is 9.90. The van der Waals surface area contributed by atoms with Gasteiger partial charge in [0.05, 0.1) is 6.20 Å². The number of azo groups is 1. The van der Waals surface area contributed by atoms with Crippen molar-refractivity contribution in [2.24, 2.45) is 10.2 Å². The standard InChI is InChI=1S/C14H10.C3H2N2O/c1-2-6-12-10-14-8-4-3-7-13(14)9-11(12)5-1;6-3-1-2-4-5-3/h1-10H;1-2H. The molecule has 0 atom stereocenters. The van der Waals surface area contributed by atoms with Crippen molar-refractivity contribution in [3.63, 3.8) is 0 Å². The molecule has 3 nitrogen and oxygen atoms in total. The van der Waals surface area contributed by atoms with Crippen molar-refractivity contribution >= 4 is 27.5 Å². The van der Waals surface area contributed by atoms with Gasteiger partial charge in [0.2, 0.25) is 0 Å². The molecule has 0 radical (unpaired) electrons. The normalized spacial score (nSPS) is 12.7. The topological polar surface area (TPSA) is 41.8 Å². The summed E-state index contributed by atoms with van der Waals surface area (Å²) in [6.07, 6.45) is 2.67. The van der Waals surface area contributed by atoms with Crippen LogP contribution in [0.3, 0.4) is 0 Å². The first-order chi connectivity index (χ1) is 9.83. The number of hydrogen-bond donors (Lipinski definition) is 0. The highest BCUT2D eigenvalue weighted by Gasteiger charge is 1.95. The van der Waals surface area contributed by atoms with Crippen LogP contribution in [-0.2, 0) is 4.79 Å². The highest BCUT2D eigenvalue weighted by Crippen LogP contribution is 2.21. The van der Waals surface area contributed by atoms with Gasteiger partial charge in [-0.05, 0) is 33.7 Å². The molecule has 0 N–H and O–H groups in total. The molecule has 3 aromatic rings. The van der Waals surface area contributed by atoms with Crippen LogP contribution in [0, 0.1) is 0 Å². The molecule has 0 unspecified atom stereocenters. The van der Waals surface area contributed by atoms with Gasteiger partial charge in [0.25, 0.3) is 5.91 Å². The maximum Gasteiger partial charge on any atom is 0.289 e. The predicted octanol–water partition coefficient (Wildman–Crippen LogP) is 4.49. The van der Waals surface area contributed by atoms with E-state index >= 15 is 0 Å². The van der Waals surface area contributed by atoms with Crippen LogP contribution in [0.4, 0.5) is 0 Å². The predicted molar refractivity (Wildman–Crippen MR) is 80.5 cm³/mol. The Labute approximate surface area is 116 Å². The van der Waals surface area contributed by atoms with E-state index in [1.807, 2.05) is 0 Å². The van der Waals surface area contributed by atoms with E-state index in [0.29, 0.717) is 0 Å². The van der Waals surface area contributed by atoms with E-state index < -0.39 is 0 Å². The summed E-state index contributed by atoms with van der Waals surface area (Å²) in [7, 11) is 0. The highest BCUT2D eigenvalue weighted by molar-refractivity contribution is 5.98. The van der Waals surface area contributed by atoms with Crippen molar-refractivity contribution < 1.29 is 4.79 Å². The van der Waals surface area contributed by atoms with Gasteiger partial charge in [-0.25, -0.2) is 0 Å². The van der Waals surface area contributed by atoms with Crippen LogP contribution in [0.1, 0.15) is 0 Å². The molecule has 0 bridgehead atoms. The molecular formula is C17H12N2O. The smallest absolute Gasteiger partial charge is 0.266 e. The molecule has 20 heavy (non-hydrogen) atoms. The number of amides is 1. The third-order valence-electron chi connectivity index (χ3n) is 3.05. The average molecular weight is 260 g/mol. The van der Waals surface area contributed by atoms with Crippen LogP contribution in [0.2, 0.25) is 0 Å². The van der Waals surface area contributed by atoms with Crippen LogP contribution >= 0.6 is 0 Å². The Balaban J connectivity index is 0.000000170. The van der Waals surface area contributed by atoms with E-state index in [4.69, 9.17) is 0 Å². The van der Waals surface area contributed by atoms with Gasteiger partial charge in [0.1, 0.15) is 0 Å². The van der Waals surface area contributed by atoms with Gasteiger partial charge in [0.15, 0.2) is 0 Å². The fourth-order valence-corrected chi connectivity index (χ4v) is 2.10. The van der Waals surface area contributed by atoms with Crippen molar-refractivity contribution in [3.8, 4) is 0 Å². The fourth-order valence-electron chi connectivity index (χ4n) is 2.10. The van der Waals surface area contributed by atoms with Gasteiger partial charge in [0, 0.05) is 6.08 Å². The van der Waals surface area contributed by atoms with Crippen molar-refractivity contribution in [3.05, 3.63) is 72.9 Å². The van der Waals surface area contributed by atoms with E-state index in [1.165, 1.54) is 33.8 Å². The van der Waals surface area contributed by atoms with Crippen molar-refractivity contribution in [1.29, 1.82) is 0 Å². The minimum atomic E-state index is -0.269. The molecule has 0 fully saturated rings. The van der Waals surface area contributed by atoms with E-state index in [9.17, 15) is 4.79 Å². The summed E-state index contributed by atoms with van der Waals surface area (Å²) in [5, 5.41) is 11.6. The minimum Gasteiger partial charge on any atom is -0.266 e. The lowest BCUT2D eigenvalue weighted by atomic mass is 10.0. The molecule has 96 valence electrons. The van der Waals surface area contributed by atoms with Crippen molar-refractivity contribution in [1.82, 2.24) is 0 Å². The summed E-state index contributed by atoms with van der Waals surface area (Å²) in [5.41, 5.74) is 0. The number of benzene rings is 3. The van der Waals surface area contributed by atoms with Crippen LogP contribution in [0.25, 0.3) is 21.5 Å². The van der Waals surface area contributed by atoms with Crippen LogP contribution in [0.15, 0.2) is 83.2 Å². The highest BCUT2D eigenvalue weighted by atomic mass is 16.1. The Morgan fingerprint density at radius 2 is 1.15 bits per heavy atom. The fraction of sp³-hybridized carbons (Fsp3) is 0. The van der Waals surface area contributed by atoms with Gasteiger partial charge in [-0.1, -0.05) is 48.5 Å². The van der Waals surface area contributed by atoms with Crippen molar-refractivity contribution in [2.75, 3.05) is 0 Å². The maximum absolute atomic E-state index is 9.90. The van der Waals surface area contributed by atoms with Gasteiger partial charge >= 0.3 is 0 Å². The van der Waals surface area contributed by atoms with Crippen LogP contribution in [0.5, 0.6) is 0 Å². The molecule has 0 aromatic heterocycles. The molecule has 1 amide bonds. The molecule has 0 saturated carbocycles. The molecule has 0 spiro atoms. The van der Waals surface area contributed by atoms with Gasteiger partial charge in [-0.3, -0.25) is 4.79 Å². The zero-order valence-corrected chi connectivity index (χ0v) is 10.7. The number of fused-ring (bicyclic) bond motifs is 2. The quantitative estimate of drug-likeness (QED) is 0.549. The number of carbonyl (C=O) groups excluding carboxylic acids is 1. The zero-order chi connectivity index (χ0) is 13.8. The first-order valence-electron chi connectivity index (χ1n) is 6.32. The van der Waals surface area contributed by atoms with Crippen molar-refractivity contribution in [2.45, 2.75) is 0 Å². The Kier molecular flexibility index (Phi) is 3.33. The van der Waals surface area contributed by atoms with Crippen LogP contribution in [-0.4, -0.2) is 5.91 Å². The summed E-state index contributed by atoms with van der Waals surface area (Å²) >= 11 is 0. The van der Waals surface area contributed by atoms with E-state index in [1.54, 1.807) is 0 Å². The molecule has 1 heterocycles. The van der Waals surface area contributed by atoms with Gasteiger partial charge in [-0.15, -0.1) is 5.11 Å². The summed E-state index contributed by atoms with van der Waals surface area (Å²) in [6.45, 7) is 0. The van der Waals surface area contributed by atoms with Gasteiger partial charge < -0.3 is 0 Å². The maximum atomic E-state index is 9.90. The summed E-state index contributed by atoms with van der Waals surface area (Å²) in [6, 6.07) is 21.4. The Bertz CT molecular complexity index is 715. The van der Waals surface area contributed by atoms with Gasteiger partial charge in [-0.2, -0.15) is 5.11 Å². The van der Waals surface area contributed by atoms with E-state index in [2.05, 4.69) is 70.9 Å². The Hall–Kier alpha value is -2.81. The summed E-state index contributed by atoms with van der Waals surface area (Å²) in [5.74, 6) is -0.269. The second kappa shape index (κ2) is 5.45. The molecule has 1 aliphatic heterocycles. The monoisotopic (exact) mass is 260 g/mol. The molecule has 4 rings (SSSR count). The lowest BCUT2D eigenvalue weighted by Crippen LogP contribution is -1.74. The lowest BCUT2D eigenvalue weighted by Gasteiger charge is -2.00.